The zero-order valence-corrected chi connectivity index (χ0v) is 7.31. The Morgan fingerprint density at radius 2 is 2.38 bits per heavy atom. The van der Waals surface area contributed by atoms with E-state index in [-0.39, 0.29) is 0 Å². The normalized spacial score (nSPS) is 60.8. The van der Waals surface area contributed by atoms with Crippen molar-refractivity contribution in [3.05, 3.63) is 0 Å². The van der Waals surface area contributed by atoms with Crippen molar-refractivity contribution in [1.82, 2.24) is 0 Å². The molecule has 2 fully saturated rings. The second kappa shape index (κ2) is 1.41. The minimum absolute atomic E-state index is 0.806. The van der Waals surface area contributed by atoms with Gasteiger partial charge in [0.15, 0.2) is 0 Å². The van der Waals surface area contributed by atoms with Crippen LogP contribution >= 0.6 is 22.6 Å². The summed E-state index contributed by atoms with van der Waals surface area (Å²) in [7, 11) is 0. The molecule has 0 saturated heterocycles. The molecule has 0 heterocycles. The Balaban J connectivity index is 2.18. The van der Waals surface area contributed by atoms with E-state index in [4.69, 9.17) is 0 Å². The van der Waals surface area contributed by atoms with Crippen molar-refractivity contribution < 1.29 is 0 Å². The molecule has 46 valence electrons. The van der Waals surface area contributed by atoms with Crippen molar-refractivity contribution in [3.63, 3.8) is 0 Å². The van der Waals surface area contributed by atoms with Crippen LogP contribution in [0.4, 0.5) is 0 Å². The number of alkyl halides is 1. The van der Waals surface area contributed by atoms with Crippen molar-refractivity contribution in [3.8, 4) is 0 Å². The van der Waals surface area contributed by atoms with Gasteiger partial charge in [0.05, 0.1) is 0 Å². The third-order valence-corrected chi connectivity index (χ3v) is 5.24. The smallest absolute Gasteiger partial charge is 0.0200 e. The quantitative estimate of drug-likeness (QED) is 0.436. The summed E-state index contributed by atoms with van der Waals surface area (Å²) < 4.78 is 1.04. The lowest BCUT2D eigenvalue weighted by Gasteiger charge is -2.00. The van der Waals surface area contributed by atoms with Crippen molar-refractivity contribution in [1.29, 1.82) is 0 Å². The number of halogens is 1. The van der Waals surface area contributed by atoms with E-state index >= 15 is 0 Å². The summed E-state index contributed by atoms with van der Waals surface area (Å²) in [6.07, 6.45) is 4.52. The first kappa shape index (κ1) is 5.51. The van der Waals surface area contributed by atoms with Crippen LogP contribution in [0.5, 0.6) is 0 Å². The fourth-order valence-electron chi connectivity index (χ4n) is 2.10. The highest BCUT2D eigenvalue weighted by Crippen LogP contribution is 2.66. The molecule has 2 rings (SSSR count). The molecule has 2 aliphatic rings. The summed E-state index contributed by atoms with van der Waals surface area (Å²) in [5.41, 5.74) is 0.806. The van der Waals surface area contributed by atoms with Crippen molar-refractivity contribution in [2.24, 2.45) is 11.3 Å². The largest absolute Gasteiger partial charge is 0.0817 e. The van der Waals surface area contributed by atoms with Gasteiger partial charge in [0.1, 0.15) is 0 Å². The molecule has 2 aliphatic carbocycles. The van der Waals surface area contributed by atoms with E-state index in [1.54, 1.807) is 0 Å². The molecule has 0 aromatic heterocycles. The predicted molar refractivity (Wildman–Crippen MR) is 43.3 cm³/mol. The highest BCUT2D eigenvalue weighted by Gasteiger charge is 2.61. The Morgan fingerprint density at radius 1 is 1.62 bits per heavy atom. The van der Waals surface area contributed by atoms with Crippen LogP contribution in [0.1, 0.15) is 26.2 Å². The van der Waals surface area contributed by atoms with Crippen LogP contribution in [-0.4, -0.2) is 3.92 Å². The van der Waals surface area contributed by atoms with Gasteiger partial charge in [0, 0.05) is 3.92 Å². The molecule has 0 aromatic carbocycles. The maximum Gasteiger partial charge on any atom is 0.0200 e. The van der Waals surface area contributed by atoms with Gasteiger partial charge in [0.25, 0.3) is 0 Å². The van der Waals surface area contributed by atoms with Crippen LogP contribution < -0.4 is 0 Å². The predicted octanol–water partition coefficient (Wildman–Crippen LogP) is 2.61. The third kappa shape index (κ3) is 0.468. The molecule has 2 saturated carbocycles. The summed E-state index contributed by atoms with van der Waals surface area (Å²) in [5.74, 6) is 1.11. The molecule has 0 nitrogen and oxygen atoms in total. The second-order valence-electron chi connectivity index (χ2n) is 3.41. The van der Waals surface area contributed by atoms with Crippen molar-refractivity contribution in [2.75, 3.05) is 0 Å². The molecule has 0 spiro atoms. The van der Waals surface area contributed by atoms with Crippen LogP contribution in [0.2, 0.25) is 0 Å². The van der Waals surface area contributed by atoms with E-state index < -0.39 is 0 Å². The van der Waals surface area contributed by atoms with Crippen LogP contribution in [0.15, 0.2) is 0 Å². The van der Waals surface area contributed by atoms with Crippen molar-refractivity contribution >= 4 is 22.6 Å². The Kier molecular flexibility index (Phi) is 0.975. The third-order valence-electron chi connectivity index (χ3n) is 2.95. The standard InChI is InChI=1S/C7H11I/c1-7-4-2-3-5(7)6(7)8/h5-6H,2-4H2,1H3. The van der Waals surface area contributed by atoms with Crippen LogP contribution in [0, 0.1) is 11.3 Å². The Hall–Kier alpha value is 0.730. The molecule has 0 N–H and O–H groups in total. The topological polar surface area (TPSA) is 0 Å². The van der Waals surface area contributed by atoms with Gasteiger partial charge in [-0.05, 0) is 24.2 Å². The van der Waals surface area contributed by atoms with E-state index in [9.17, 15) is 0 Å². The zero-order valence-electron chi connectivity index (χ0n) is 5.15. The van der Waals surface area contributed by atoms with E-state index in [1.165, 1.54) is 19.3 Å². The maximum atomic E-state index is 2.61. The van der Waals surface area contributed by atoms with Gasteiger partial charge in [0.2, 0.25) is 0 Å². The molecular formula is C7H11I. The monoisotopic (exact) mass is 222 g/mol. The Morgan fingerprint density at radius 3 is 2.62 bits per heavy atom. The molecule has 3 atom stereocenters. The van der Waals surface area contributed by atoms with Crippen LogP contribution in [-0.2, 0) is 0 Å². The van der Waals surface area contributed by atoms with E-state index in [2.05, 4.69) is 29.5 Å². The first-order valence-electron chi connectivity index (χ1n) is 3.39. The van der Waals surface area contributed by atoms with Gasteiger partial charge >= 0.3 is 0 Å². The highest BCUT2D eigenvalue weighted by molar-refractivity contribution is 14.1. The summed E-state index contributed by atoms with van der Waals surface area (Å²) >= 11 is 2.61. The van der Waals surface area contributed by atoms with Gasteiger partial charge < -0.3 is 0 Å². The Bertz CT molecular complexity index is 122. The lowest BCUT2D eigenvalue weighted by atomic mass is 10.1. The first-order chi connectivity index (χ1) is 3.75. The van der Waals surface area contributed by atoms with E-state index in [0.29, 0.717) is 0 Å². The molecular weight excluding hydrogens is 211 g/mol. The lowest BCUT2D eigenvalue weighted by Crippen LogP contribution is -1.92. The first-order valence-corrected chi connectivity index (χ1v) is 4.64. The summed E-state index contributed by atoms with van der Waals surface area (Å²) in [6.45, 7) is 2.45. The molecule has 0 bridgehead atoms. The SMILES string of the molecule is CC12CCCC1C2I. The van der Waals surface area contributed by atoms with E-state index in [1.807, 2.05) is 0 Å². The number of rotatable bonds is 0. The molecule has 1 heteroatoms. The van der Waals surface area contributed by atoms with Gasteiger partial charge in [-0.25, -0.2) is 0 Å². The molecule has 0 amide bonds. The van der Waals surface area contributed by atoms with Crippen LogP contribution in [0.25, 0.3) is 0 Å². The van der Waals surface area contributed by atoms with Gasteiger partial charge in [-0.15, -0.1) is 0 Å². The van der Waals surface area contributed by atoms with Crippen molar-refractivity contribution in [2.45, 2.75) is 30.1 Å². The fourth-order valence-corrected chi connectivity index (χ4v) is 3.85. The molecule has 8 heavy (non-hydrogen) atoms. The summed E-state index contributed by atoms with van der Waals surface area (Å²) in [4.78, 5) is 0. The second-order valence-corrected chi connectivity index (χ2v) is 4.75. The molecule has 0 aliphatic heterocycles. The lowest BCUT2D eigenvalue weighted by molar-refractivity contribution is 0.554. The average Bonchev–Trinajstić information content (AvgIpc) is 2.23. The minimum atomic E-state index is 0.806. The van der Waals surface area contributed by atoms with Crippen LogP contribution in [0.3, 0.4) is 0 Å². The molecule has 0 radical (unpaired) electrons. The summed E-state index contributed by atoms with van der Waals surface area (Å²) in [5, 5.41) is 0. The van der Waals surface area contributed by atoms with Gasteiger partial charge in [-0.1, -0.05) is 35.9 Å². The van der Waals surface area contributed by atoms with Gasteiger partial charge in [-0.3, -0.25) is 0 Å². The summed E-state index contributed by atoms with van der Waals surface area (Å²) in [6, 6.07) is 0. The fraction of sp³-hybridized carbons (Fsp3) is 1.00. The number of fused-ring (bicyclic) bond motifs is 1. The minimum Gasteiger partial charge on any atom is -0.0817 e. The number of hydrogen-bond donors (Lipinski definition) is 0. The van der Waals surface area contributed by atoms with Gasteiger partial charge in [-0.2, -0.15) is 0 Å². The molecule has 0 aromatic rings. The average molecular weight is 222 g/mol. The van der Waals surface area contributed by atoms with E-state index in [0.717, 1.165) is 15.3 Å². The molecule has 3 unspecified atom stereocenters. The zero-order chi connectivity index (χ0) is 5.78. The number of hydrogen-bond acceptors (Lipinski definition) is 0. The maximum absolute atomic E-state index is 2.61. The highest BCUT2D eigenvalue weighted by atomic mass is 127. The Labute approximate surface area is 64.2 Å².